The van der Waals surface area contributed by atoms with E-state index in [4.69, 9.17) is 4.42 Å². The van der Waals surface area contributed by atoms with E-state index in [1.54, 1.807) is 24.3 Å². The Morgan fingerprint density at radius 2 is 1.71 bits per heavy atom. The molecule has 3 heterocycles. The number of nitro groups is 1. The first-order chi connectivity index (χ1) is 13.1. The van der Waals surface area contributed by atoms with Crippen LogP contribution in [0.2, 0.25) is 0 Å². The third kappa shape index (κ3) is 2.52. The summed E-state index contributed by atoms with van der Waals surface area (Å²) in [6.07, 6.45) is 1.35. The Balaban J connectivity index is 0.00000192. The molecule has 5 aromatic rings. The Labute approximate surface area is 163 Å². The van der Waals surface area contributed by atoms with E-state index in [0.29, 0.717) is 16.6 Å². The Bertz CT molecular complexity index is 1420. The second-order valence-electron chi connectivity index (χ2n) is 6.19. The normalized spacial score (nSPS) is 11.0. The second kappa shape index (κ2) is 6.47. The minimum atomic E-state index is -0.441. The smallest absolute Gasteiger partial charge is 0.349 e. The molecule has 0 spiro atoms. The van der Waals surface area contributed by atoms with E-state index in [-0.39, 0.29) is 18.1 Å². The monoisotopic (exact) mass is 393 g/mol. The van der Waals surface area contributed by atoms with Crippen LogP contribution in [0.25, 0.3) is 38.5 Å². The number of H-pyrrole nitrogens is 1. The number of halogens is 1. The van der Waals surface area contributed by atoms with Crippen LogP contribution in [-0.2, 0) is 0 Å². The number of hydrogen-bond acceptors (Lipinski definition) is 4. The maximum atomic E-state index is 12.3. The van der Waals surface area contributed by atoms with E-state index in [0.717, 1.165) is 21.9 Å². The number of non-ortho nitro benzene ring substituents is 1. The third-order valence-corrected chi connectivity index (χ3v) is 4.68. The fourth-order valence-corrected chi connectivity index (χ4v) is 3.50. The molecule has 7 nitrogen and oxygen atoms in total. The van der Waals surface area contributed by atoms with Crippen molar-refractivity contribution in [3.05, 3.63) is 87.5 Å². The van der Waals surface area contributed by atoms with Crippen molar-refractivity contribution in [2.24, 2.45) is 0 Å². The van der Waals surface area contributed by atoms with Crippen LogP contribution in [0.1, 0.15) is 0 Å². The lowest BCUT2D eigenvalue weighted by Gasteiger charge is -2.02. The molecule has 3 aromatic heterocycles. The Kier molecular flexibility index (Phi) is 4.09. The predicted octanol–water partition coefficient (Wildman–Crippen LogP) is 0.616. The first-order valence-electron chi connectivity index (χ1n) is 8.25. The van der Waals surface area contributed by atoms with E-state index in [1.165, 1.54) is 18.4 Å². The number of nitro benzene ring substituents is 1. The van der Waals surface area contributed by atoms with Crippen LogP contribution in [0.3, 0.4) is 0 Å². The largest absolute Gasteiger partial charge is 1.00 e. The van der Waals surface area contributed by atoms with Gasteiger partial charge in [-0.05, 0) is 18.2 Å². The van der Waals surface area contributed by atoms with Gasteiger partial charge in [0.15, 0.2) is 0 Å². The highest BCUT2D eigenvalue weighted by Gasteiger charge is 2.24. The lowest BCUT2D eigenvalue weighted by molar-refractivity contribution is -0.537. The molecule has 0 saturated heterocycles. The zero-order valence-corrected chi connectivity index (χ0v) is 15.0. The van der Waals surface area contributed by atoms with Gasteiger partial charge in [-0.3, -0.25) is 10.1 Å². The molecule has 0 aliphatic rings. The summed E-state index contributed by atoms with van der Waals surface area (Å²) in [6, 6.07) is 17.6. The van der Waals surface area contributed by atoms with Crippen LogP contribution in [0.5, 0.6) is 0 Å². The van der Waals surface area contributed by atoms with Crippen LogP contribution < -0.4 is 22.6 Å². The van der Waals surface area contributed by atoms with Crippen LogP contribution in [0.15, 0.2) is 76.1 Å². The van der Waals surface area contributed by atoms with E-state index in [2.05, 4.69) is 4.98 Å². The molecule has 0 saturated carbocycles. The van der Waals surface area contributed by atoms with Crippen LogP contribution in [0.4, 0.5) is 5.69 Å². The van der Waals surface area contributed by atoms with Crippen molar-refractivity contribution < 1.29 is 26.3 Å². The molecule has 0 atom stereocenters. The SMILES string of the molecule is O=c1occc2c1cc1[nH]c3ccccc3c1[n+]2-c1ccc([N+](=O)[O-])cc1.[Cl-]. The second-order valence-corrected chi connectivity index (χ2v) is 6.19. The highest BCUT2D eigenvalue weighted by atomic mass is 35.5. The molecule has 0 fully saturated rings. The van der Waals surface area contributed by atoms with Crippen molar-refractivity contribution in [1.29, 1.82) is 0 Å². The molecule has 1 N–H and O–H groups in total. The van der Waals surface area contributed by atoms with Gasteiger partial charge in [0, 0.05) is 30.3 Å². The number of nitrogens with one attached hydrogen (secondary N) is 1. The number of para-hydroxylation sites is 1. The van der Waals surface area contributed by atoms with Crippen LogP contribution >= 0.6 is 0 Å². The van der Waals surface area contributed by atoms with Gasteiger partial charge < -0.3 is 21.8 Å². The van der Waals surface area contributed by atoms with Gasteiger partial charge in [-0.2, -0.15) is 4.57 Å². The standard InChI is InChI=1S/C20H11N3O4.ClH/c24-20-15-11-17-19(14-3-1-2-4-16(14)21-17)22(18(15)9-10-27-20)12-5-7-13(8-6-12)23(25)26;/h1-11H;1H. The van der Waals surface area contributed by atoms with E-state index in [9.17, 15) is 14.9 Å². The summed E-state index contributed by atoms with van der Waals surface area (Å²) in [5.41, 5.74) is 3.54. The molecule has 138 valence electrons. The highest BCUT2D eigenvalue weighted by Crippen LogP contribution is 2.26. The van der Waals surface area contributed by atoms with Crippen molar-refractivity contribution >= 4 is 38.5 Å². The number of fused-ring (bicyclic) bond motifs is 4. The van der Waals surface area contributed by atoms with Crippen molar-refractivity contribution in [3.8, 4) is 5.69 Å². The lowest BCUT2D eigenvalue weighted by Crippen LogP contribution is -3.00. The van der Waals surface area contributed by atoms with Crippen molar-refractivity contribution in [3.63, 3.8) is 0 Å². The van der Waals surface area contributed by atoms with Gasteiger partial charge in [0.2, 0.25) is 16.7 Å². The Morgan fingerprint density at radius 3 is 2.46 bits per heavy atom. The quantitative estimate of drug-likeness (QED) is 0.270. The Morgan fingerprint density at radius 1 is 0.964 bits per heavy atom. The summed E-state index contributed by atoms with van der Waals surface area (Å²) in [4.78, 5) is 26.2. The molecule has 2 aromatic carbocycles. The fraction of sp³-hybridized carbons (Fsp3) is 0. The molecule has 0 amide bonds. The minimum Gasteiger partial charge on any atom is -1.00 e. The molecule has 28 heavy (non-hydrogen) atoms. The summed E-state index contributed by atoms with van der Waals surface area (Å²) < 4.78 is 6.95. The molecule has 5 rings (SSSR count). The topological polar surface area (TPSA) is 93.0 Å². The van der Waals surface area contributed by atoms with Crippen molar-refractivity contribution in [1.82, 2.24) is 4.98 Å². The van der Waals surface area contributed by atoms with Crippen molar-refractivity contribution in [2.75, 3.05) is 0 Å². The molecule has 0 aliphatic carbocycles. The summed E-state index contributed by atoms with van der Waals surface area (Å²) in [7, 11) is 0. The first-order valence-corrected chi connectivity index (χ1v) is 8.25. The van der Waals surface area contributed by atoms with Gasteiger partial charge in [-0.25, -0.2) is 4.79 Å². The molecular formula is C20H12ClN3O4. The van der Waals surface area contributed by atoms with E-state index < -0.39 is 10.5 Å². The number of aromatic nitrogens is 2. The first kappa shape index (κ1) is 17.7. The number of aromatic amines is 1. The molecular weight excluding hydrogens is 382 g/mol. The van der Waals surface area contributed by atoms with Gasteiger partial charge in [-0.15, -0.1) is 0 Å². The van der Waals surface area contributed by atoms with Gasteiger partial charge in [0.25, 0.3) is 5.69 Å². The van der Waals surface area contributed by atoms with Crippen molar-refractivity contribution in [2.45, 2.75) is 0 Å². The van der Waals surface area contributed by atoms with Crippen LogP contribution in [0, 0.1) is 10.1 Å². The van der Waals surface area contributed by atoms with Gasteiger partial charge >= 0.3 is 5.63 Å². The summed E-state index contributed by atoms with van der Waals surface area (Å²) in [5, 5.41) is 12.4. The lowest BCUT2D eigenvalue weighted by atomic mass is 10.1. The minimum absolute atomic E-state index is 0. The predicted molar refractivity (Wildman–Crippen MR) is 100 cm³/mol. The number of hydrogen-bond donors (Lipinski definition) is 1. The molecule has 0 unspecified atom stereocenters. The number of rotatable bonds is 2. The van der Waals surface area contributed by atoms with Crippen LogP contribution in [-0.4, -0.2) is 9.91 Å². The third-order valence-electron chi connectivity index (χ3n) is 4.68. The zero-order valence-electron chi connectivity index (χ0n) is 14.3. The average molecular weight is 394 g/mol. The average Bonchev–Trinajstić information content (AvgIpc) is 3.05. The molecule has 8 heteroatoms. The molecule has 0 radical (unpaired) electrons. The van der Waals surface area contributed by atoms with Gasteiger partial charge in [0.05, 0.1) is 15.8 Å². The highest BCUT2D eigenvalue weighted by molar-refractivity contribution is 6.05. The van der Waals surface area contributed by atoms with Gasteiger partial charge in [0.1, 0.15) is 17.2 Å². The number of nitrogens with zero attached hydrogens (tertiary/aromatic N) is 2. The number of pyridine rings is 1. The maximum absolute atomic E-state index is 12.3. The van der Waals surface area contributed by atoms with E-state index >= 15 is 0 Å². The summed E-state index contributed by atoms with van der Waals surface area (Å²) >= 11 is 0. The number of benzene rings is 2. The fourth-order valence-electron chi connectivity index (χ4n) is 3.50. The van der Waals surface area contributed by atoms with E-state index in [1.807, 2.05) is 28.8 Å². The maximum Gasteiger partial charge on any atom is 0.349 e. The summed E-state index contributed by atoms with van der Waals surface area (Å²) in [5.74, 6) is 0. The summed E-state index contributed by atoms with van der Waals surface area (Å²) in [6.45, 7) is 0. The Hall–Kier alpha value is -3.71. The molecule has 0 aliphatic heterocycles. The van der Waals surface area contributed by atoms with Gasteiger partial charge in [-0.1, -0.05) is 12.1 Å². The zero-order chi connectivity index (χ0) is 18.5. The molecule has 0 bridgehead atoms.